The second kappa shape index (κ2) is 18.0. The zero-order valence-corrected chi connectivity index (χ0v) is 33.9. The van der Waals surface area contributed by atoms with E-state index < -0.39 is 0 Å². The van der Waals surface area contributed by atoms with Crippen molar-refractivity contribution in [2.45, 2.75) is 60.8 Å². The molecule has 8 aromatic rings. The molecule has 1 aliphatic carbocycles. The number of allylic oxidation sites excluding steroid dienone is 2. The topological polar surface area (TPSA) is 51.6 Å². The molecule has 0 saturated carbocycles. The van der Waals surface area contributed by atoms with E-state index in [1.54, 1.807) is 0 Å². The molecule has 1 aliphatic rings. The molecule has 0 atom stereocenters. The lowest BCUT2D eigenvalue weighted by molar-refractivity contribution is 0.974. The van der Waals surface area contributed by atoms with Crippen molar-refractivity contribution < 1.29 is 0 Å². The number of aromatic nitrogens is 4. The number of pyridine rings is 1. The van der Waals surface area contributed by atoms with E-state index in [-0.39, 0.29) is 0 Å². The van der Waals surface area contributed by atoms with Crippen LogP contribution < -0.4 is 0 Å². The summed E-state index contributed by atoms with van der Waals surface area (Å²) in [5.74, 6) is 1.91. The van der Waals surface area contributed by atoms with Crippen LogP contribution in [-0.2, 0) is 6.42 Å². The van der Waals surface area contributed by atoms with Crippen molar-refractivity contribution in [2.24, 2.45) is 0 Å². The Morgan fingerprint density at radius 2 is 1.21 bits per heavy atom. The van der Waals surface area contributed by atoms with Gasteiger partial charge in [0.25, 0.3) is 0 Å². The first-order valence-corrected chi connectivity index (χ1v) is 20.4. The molecular weight excluding hydrogens is 693 g/mol. The van der Waals surface area contributed by atoms with Crippen molar-refractivity contribution in [3.05, 3.63) is 168 Å². The van der Waals surface area contributed by atoms with Crippen LogP contribution in [0.1, 0.15) is 69.7 Å². The SMILES string of the molecule is CC.CC.CC/C=C\c1c(C)c2c(c3cc(-c4cc(-c5nc(-c6ccccc6)nc(-c6ccccc6)n5)cc(-c5cccc6ncccc56)c4)ccc13)C=CCC2. The molecule has 0 fully saturated rings. The standard InChI is InChI=1S/C49H38N4.2C2H6/c1-3-4-19-39-32(2)40-20-11-12-21-42(40)45-31-35(25-26-43(39)45)36-28-37(41-22-13-24-46-44(41)23-14-27-50-46)30-38(29-36)49-52-47(33-15-7-5-8-16-33)51-48(53-49)34-17-9-6-10-18-34;2*1-2/h4-10,12-19,21-31H,3,11,20H2,1-2H3;2*1-2H3/b19-4-;;. The third-order valence-electron chi connectivity index (χ3n) is 10.3. The molecule has 0 bridgehead atoms. The minimum absolute atomic E-state index is 0.628. The van der Waals surface area contributed by atoms with Gasteiger partial charge in [-0.3, -0.25) is 4.98 Å². The van der Waals surface area contributed by atoms with Crippen LogP contribution in [0.25, 0.3) is 90.2 Å². The van der Waals surface area contributed by atoms with Gasteiger partial charge in [-0.25, -0.2) is 15.0 Å². The first-order valence-electron chi connectivity index (χ1n) is 20.4. The number of nitrogens with zero attached hydrogens (tertiary/aromatic N) is 4. The Morgan fingerprint density at radius 1 is 0.561 bits per heavy atom. The number of rotatable bonds is 7. The summed E-state index contributed by atoms with van der Waals surface area (Å²) < 4.78 is 0. The van der Waals surface area contributed by atoms with Crippen LogP contribution in [0.3, 0.4) is 0 Å². The van der Waals surface area contributed by atoms with E-state index in [9.17, 15) is 0 Å². The van der Waals surface area contributed by atoms with Crippen LogP contribution in [0.2, 0.25) is 0 Å². The minimum Gasteiger partial charge on any atom is -0.256 e. The van der Waals surface area contributed by atoms with Gasteiger partial charge in [0.2, 0.25) is 0 Å². The molecule has 0 N–H and O–H groups in total. The third kappa shape index (κ3) is 7.95. The monoisotopic (exact) mass is 742 g/mol. The van der Waals surface area contributed by atoms with Crippen LogP contribution in [0.4, 0.5) is 0 Å². The van der Waals surface area contributed by atoms with E-state index in [1.807, 2.05) is 76.4 Å². The van der Waals surface area contributed by atoms with E-state index in [2.05, 4.69) is 128 Å². The highest BCUT2D eigenvalue weighted by Gasteiger charge is 2.19. The van der Waals surface area contributed by atoms with Gasteiger partial charge in [0.15, 0.2) is 17.5 Å². The molecule has 9 rings (SSSR count). The van der Waals surface area contributed by atoms with Gasteiger partial charge >= 0.3 is 0 Å². The molecule has 0 unspecified atom stereocenters. The molecular formula is C53H50N4. The molecule has 0 spiro atoms. The Bertz CT molecular complexity index is 2650. The molecule has 0 radical (unpaired) electrons. The van der Waals surface area contributed by atoms with E-state index in [0.29, 0.717) is 17.5 Å². The van der Waals surface area contributed by atoms with Crippen LogP contribution in [-0.4, -0.2) is 19.9 Å². The predicted octanol–water partition coefficient (Wildman–Crippen LogP) is 14.7. The van der Waals surface area contributed by atoms with Gasteiger partial charge in [0, 0.05) is 28.3 Å². The fourth-order valence-corrected chi connectivity index (χ4v) is 7.67. The fourth-order valence-electron chi connectivity index (χ4n) is 7.67. The molecule has 2 aromatic heterocycles. The number of benzene rings is 6. The van der Waals surface area contributed by atoms with Crippen molar-refractivity contribution >= 4 is 33.8 Å². The van der Waals surface area contributed by atoms with E-state index in [4.69, 9.17) is 15.0 Å². The maximum atomic E-state index is 5.14. The highest BCUT2D eigenvalue weighted by atomic mass is 15.0. The van der Waals surface area contributed by atoms with Gasteiger partial charge in [-0.05, 0) is 118 Å². The molecule has 4 heteroatoms. The van der Waals surface area contributed by atoms with Gasteiger partial charge in [-0.2, -0.15) is 0 Å². The summed E-state index contributed by atoms with van der Waals surface area (Å²) >= 11 is 0. The summed E-state index contributed by atoms with van der Waals surface area (Å²) in [5.41, 5.74) is 13.7. The lowest BCUT2D eigenvalue weighted by Crippen LogP contribution is -2.02. The lowest BCUT2D eigenvalue weighted by Gasteiger charge is -2.21. The highest BCUT2D eigenvalue weighted by Crippen LogP contribution is 2.40. The first kappa shape index (κ1) is 38.7. The summed E-state index contributed by atoms with van der Waals surface area (Å²) in [6.07, 6.45) is 14.2. The quantitative estimate of drug-likeness (QED) is 0.163. The minimum atomic E-state index is 0.628. The Kier molecular flexibility index (Phi) is 12.2. The summed E-state index contributed by atoms with van der Waals surface area (Å²) in [5, 5.41) is 3.67. The number of hydrogen-bond donors (Lipinski definition) is 0. The number of hydrogen-bond acceptors (Lipinski definition) is 4. The predicted molar refractivity (Wildman–Crippen MR) is 244 cm³/mol. The van der Waals surface area contributed by atoms with Crippen molar-refractivity contribution in [1.82, 2.24) is 19.9 Å². The number of fused-ring (bicyclic) bond motifs is 4. The Balaban J connectivity index is 0.00000120. The van der Waals surface area contributed by atoms with E-state index in [1.165, 1.54) is 33.0 Å². The second-order valence-corrected chi connectivity index (χ2v) is 13.7. The molecule has 6 aromatic carbocycles. The van der Waals surface area contributed by atoms with Gasteiger partial charge < -0.3 is 0 Å². The normalized spacial score (nSPS) is 11.8. The van der Waals surface area contributed by atoms with Crippen molar-refractivity contribution in [1.29, 1.82) is 0 Å². The zero-order valence-electron chi connectivity index (χ0n) is 33.9. The van der Waals surface area contributed by atoms with Crippen LogP contribution in [0.5, 0.6) is 0 Å². The summed E-state index contributed by atoms with van der Waals surface area (Å²) in [6, 6.07) is 44.5. The average Bonchev–Trinajstić information content (AvgIpc) is 3.30. The Hall–Kier alpha value is -6.52. The van der Waals surface area contributed by atoms with Gasteiger partial charge in [0.05, 0.1) is 5.52 Å². The summed E-state index contributed by atoms with van der Waals surface area (Å²) in [4.78, 5) is 19.9. The first-order chi connectivity index (χ1) is 28.1. The van der Waals surface area contributed by atoms with Crippen molar-refractivity contribution in [3.63, 3.8) is 0 Å². The van der Waals surface area contributed by atoms with Crippen LogP contribution in [0.15, 0.2) is 146 Å². The molecule has 57 heavy (non-hydrogen) atoms. The molecule has 0 aliphatic heterocycles. The smallest absolute Gasteiger partial charge is 0.164 e. The van der Waals surface area contributed by atoms with E-state index >= 15 is 0 Å². The lowest BCUT2D eigenvalue weighted by atomic mass is 9.83. The highest BCUT2D eigenvalue weighted by molar-refractivity contribution is 6.02. The van der Waals surface area contributed by atoms with Gasteiger partial charge in [-0.15, -0.1) is 0 Å². The molecule has 282 valence electrons. The summed E-state index contributed by atoms with van der Waals surface area (Å²) in [6.45, 7) is 12.5. The molecule has 4 nitrogen and oxygen atoms in total. The van der Waals surface area contributed by atoms with Crippen molar-refractivity contribution in [3.8, 4) is 56.4 Å². The van der Waals surface area contributed by atoms with Crippen molar-refractivity contribution in [2.75, 3.05) is 0 Å². The fraction of sp³-hybridized carbons (Fsp3) is 0.170. The zero-order chi connectivity index (χ0) is 39.7. The molecule has 0 amide bonds. The summed E-state index contributed by atoms with van der Waals surface area (Å²) in [7, 11) is 0. The molecule has 2 heterocycles. The maximum absolute atomic E-state index is 5.14. The molecule has 0 saturated heterocycles. The maximum Gasteiger partial charge on any atom is 0.164 e. The Morgan fingerprint density at radius 3 is 1.89 bits per heavy atom. The average molecular weight is 743 g/mol. The van der Waals surface area contributed by atoms with Gasteiger partial charge in [0.1, 0.15) is 0 Å². The van der Waals surface area contributed by atoms with Gasteiger partial charge in [-0.1, -0.05) is 150 Å². The van der Waals surface area contributed by atoms with E-state index in [0.717, 1.165) is 69.1 Å². The van der Waals surface area contributed by atoms with Crippen LogP contribution >= 0.6 is 0 Å². The Labute approximate surface area is 337 Å². The third-order valence-corrected chi connectivity index (χ3v) is 10.3. The van der Waals surface area contributed by atoms with Crippen LogP contribution in [0, 0.1) is 6.92 Å². The second-order valence-electron chi connectivity index (χ2n) is 13.7. The largest absolute Gasteiger partial charge is 0.256 e.